The molecule has 0 radical (unpaired) electrons. The fraction of sp³-hybridized carbons (Fsp3) is 1.00. The molecule has 0 aliphatic rings. The van der Waals surface area contributed by atoms with Gasteiger partial charge in [0.2, 0.25) is 0 Å². The number of nitrogens with zero attached hydrogens (tertiary/aromatic N) is 10. The second kappa shape index (κ2) is 12.3. The Bertz CT molecular complexity index is 904. The maximum absolute atomic E-state index is 14.1. The third kappa shape index (κ3) is 8.18. The standard InChI is InChI=1S/C8H10F2N10O18/c9-7(13(21)22,14(23)24)3-11(17(29)30)1-5(37-19(33)34)6(38-20(35)36)2-12(18(31)32)4-8(10,15(25)26)16(27)28/h5-6H,1-4H2/t5-,6-/m0/s1. The Morgan fingerprint density at radius 3 is 0.947 bits per heavy atom. The van der Waals surface area contributed by atoms with E-state index in [9.17, 15) is 89.7 Å². The third-order valence-corrected chi connectivity index (χ3v) is 3.99. The molecule has 0 aromatic heterocycles. The number of hydrogen-bond acceptors (Lipinski definition) is 18. The number of hydrazine groups is 2. The lowest BCUT2D eigenvalue weighted by molar-refractivity contribution is -0.844. The summed E-state index contributed by atoms with van der Waals surface area (Å²) < 4.78 is 28.2. The van der Waals surface area contributed by atoms with Crippen LogP contribution < -0.4 is 0 Å². The van der Waals surface area contributed by atoms with Crippen molar-refractivity contribution in [3.05, 3.63) is 80.9 Å². The summed E-state index contributed by atoms with van der Waals surface area (Å²) in [6, 6.07) is 0. The summed E-state index contributed by atoms with van der Waals surface area (Å²) in [5.41, 5.74) is 0. The fourth-order valence-electron chi connectivity index (χ4n) is 2.28. The van der Waals surface area contributed by atoms with E-state index in [1.807, 2.05) is 0 Å². The molecule has 214 valence electrons. The lowest BCUT2D eigenvalue weighted by Crippen LogP contribution is -2.58. The third-order valence-electron chi connectivity index (χ3n) is 3.99. The highest BCUT2D eigenvalue weighted by atomic mass is 19.2. The molecule has 0 saturated carbocycles. The van der Waals surface area contributed by atoms with Crippen molar-refractivity contribution in [2.45, 2.75) is 24.0 Å². The van der Waals surface area contributed by atoms with E-state index in [1.165, 1.54) is 0 Å². The summed E-state index contributed by atoms with van der Waals surface area (Å²) >= 11 is 0. The van der Waals surface area contributed by atoms with Gasteiger partial charge in [-0.1, -0.05) is 8.78 Å². The van der Waals surface area contributed by atoms with Crippen molar-refractivity contribution in [2.75, 3.05) is 26.2 Å². The first-order chi connectivity index (χ1) is 17.2. The van der Waals surface area contributed by atoms with Gasteiger partial charge in [-0.3, -0.25) is 40.5 Å². The summed E-state index contributed by atoms with van der Waals surface area (Å²) in [7, 11) is 0. The maximum atomic E-state index is 14.1. The van der Waals surface area contributed by atoms with E-state index in [-0.39, 0.29) is 0 Å². The van der Waals surface area contributed by atoms with Crippen LogP contribution in [0.25, 0.3) is 0 Å². The highest BCUT2D eigenvalue weighted by Gasteiger charge is 2.63. The molecular weight excluding hydrogens is 562 g/mol. The molecule has 0 fully saturated rings. The van der Waals surface area contributed by atoms with Gasteiger partial charge >= 0.3 is 11.8 Å². The zero-order valence-corrected chi connectivity index (χ0v) is 17.6. The van der Waals surface area contributed by atoms with Crippen LogP contribution in [0.4, 0.5) is 8.78 Å². The zero-order valence-electron chi connectivity index (χ0n) is 17.6. The van der Waals surface area contributed by atoms with Crippen LogP contribution in [0, 0.1) is 80.9 Å². The minimum atomic E-state index is -4.87. The average molecular weight is 572 g/mol. The number of halogens is 2. The van der Waals surface area contributed by atoms with E-state index in [0.717, 1.165) is 0 Å². The SMILES string of the molecule is O=[N+]([O-])O[C@@H](CN(CC(F)([N+](=O)[O-])[N+](=O)[O-])[N+](=O)[O-])[C@H](CN(CC(F)([N+](=O)[O-])[N+](=O)[O-])[N+](=O)[O-])O[N+](=O)[O-]. The van der Waals surface area contributed by atoms with Gasteiger partial charge < -0.3 is 9.68 Å². The van der Waals surface area contributed by atoms with Gasteiger partial charge in [-0.05, 0) is 0 Å². The molecule has 0 aliphatic carbocycles. The number of nitro groups is 6. The lowest BCUT2D eigenvalue weighted by Gasteiger charge is -2.27. The van der Waals surface area contributed by atoms with E-state index in [4.69, 9.17) is 0 Å². The van der Waals surface area contributed by atoms with Gasteiger partial charge in [0.25, 0.3) is 23.3 Å². The molecule has 30 heteroatoms. The van der Waals surface area contributed by atoms with Crippen LogP contribution in [-0.2, 0) is 9.68 Å². The topological polar surface area (TPSA) is 370 Å². The Labute approximate surface area is 200 Å². The van der Waals surface area contributed by atoms with Gasteiger partial charge in [-0.15, -0.1) is 30.2 Å². The van der Waals surface area contributed by atoms with E-state index >= 15 is 0 Å². The molecule has 0 aliphatic heterocycles. The molecule has 38 heavy (non-hydrogen) atoms. The summed E-state index contributed by atoms with van der Waals surface area (Å²) in [6.45, 7) is -8.90. The van der Waals surface area contributed by atoms with Crippen LogP contribution in [0.3, 0.4) is 0 Å². The minimum Gasteiger partial charge on any atom is -0.306 e. The predicted octanol–water partition coefficient (Wildman–Crippen LogP) is -2.52. The molecular formula is C8H10F2N10O18. The highest BCUT2D eigenvalue weighted by molar-refractivity contribution is 4.75. The highest BCUT2D eigenvalue weighted by Crippen LogP contribution is 2.20. The zero-order chi connectivity index (χ0) is 30.2. The molecule has 0 aromatic carbocycles. The van der Waals surface area contributed by atoms with E-state index in [2.05, 4.69) is 9.68 Å². The van der Waals surface area contributed by atoms with E-state index < -0.39 is 100 Å². The number of hydrogen-bond donors (Lipinski definition) is 0. The van der Waals surface area contributed by atoms with Crippen molar-refractivity contribution in [3.63, 3.8) is 0 Å². The predicted molar refractivity (Wildman–Crippen MR) is 96.5 cm³/mol. The molecule has 0 amide bonds. The quantitative estimate of drug-likeness (QED) is 0.0666. The first kappa shape index (κ1) is 32.3. The van der Waals surface area contributed by atoms with Crippen molar-refractivity contribution in [2.24, 2.45) is 0 Å². The van der Waals surface area contributed by atoms with Gasteiger partial charge in [0, 0.05) is 0 Å². The molecule has 0 aromatic rings. The van der Waals surface area contributed by atoms with Crippen molar-refractivity contribution < 1.29 is 58.4 Å². The van der Waals surface area contributed by atoms with Crippen LogP contribution in [0.2, 0.25) is 0 Å². The summed E-state index contributed by atoms with van der Waals surface area (Å²) in [5.74, 6) is -9.74. The van der Waals surface area contributed by atoms with E-state index in [1.54, 1.807) is 0 Å². The largest absolute Gasteiger partial charge is 0.637 e. The number of rotatable bonds is 19. The lowest BCUT2D eigenvalue weighted by atomic mass is 10.2. The Morgan fingerprint density at radius 1 is 0.553 bits per heavy atom. The monoisotopic (exact) mass is 572 g/mol. The Balaban J connectivity index is 6.52. The second-order valence-electron chi connectivity index (χ2n) is 6.37. The Morgan fingerprint density at radius 2 is 0.789 bits per heavy atom. The van der Waals surface area contributed by atoms with E-state index in [0.29, 0.717) is 0 Å². The van der Waals surface area contributed by atoms with Gasteiger partial charge in [0.05, 0.1) is 0 Å². The molecule has 28 nitrogen and oxygen atoms in total. The van der Waals surface area contributed by atoms with Gasteiger partial charge in [0.15, 0.2) is 22.3 Å². The Kier molecular flexibility index (Phi) is 10.4. The molecule has 0 heterocycles. The van der Waals surface area contributed by atoms with Crippen molar-refractivity contribution in [1.29, 1.82) is 0 Å². The molecule has 2 atom stereocenters. The maximum Gasteiger partial charge on any atom is 0.637 e. The van der Waals surface area contributed by atoms with Crippen LogP contribution in [0.1, 0.15) is 0 Å². The van der Waals surface area contributed by atoms with Crippen LogP contribution in [-0.4, -0.2) is 100 Å². The Hall–Kier alpha value is -5.74. The molecule has 0 unspecified atom stereocenters. The van der Waals surface area contributed by atoms with Crippen LogP contribution >= 0.6 is 0 Å². The molecule has 0 spiro atoms. The molecule has 0 saturated heterocycles. The smallest absolute Gasteiger partial charge is 0.306 e. The fourth-order valence-corrected chi connectivity index (χ4v) is 2.28. The van der Waals surface area contributed by atoms with Gasteiger partial charge in [0.1, 0.15) is 32.8 Å². The first-order valence-electron chi connectivity index (χ1n) is 8.55. The number of alkyl halides is 2. The second-order valence-corrected chi connectivity index (χ2v) is 6.37. The minimum absolute atomic E-state index is 0.861. The summed E-state index contributed by atoms with van der Waals surface area (Å²) in [5, 5.41) is 77.4. The normalized spacial score (nSPS) is 12.8. The van der Waals surface area contributed by atoms with Crippen molar-refractivity contribution >= 4 is 0 Å². The van der Waals surface area contributed by atoms with Gasteiger partial charge in [-0.2, -0.15) is 0 Å². The molecule has 0 rings (SSSR count). The van der Waals surface area contributed by atoms with Crippen molar-refractivity contribution in [1.82, 2.24) is 10.0 Å². The average Bonchev–Trinajstić information content (AvgIpc) is 2.75. The molecule has 0 bridgehead atoms. The van der Waals surface area contributed by atoms with Crippen LogP contribution in [0.15, 0.2) is 0 Å². The first-order valence-corrected chi connectivity index (χ1v) is 8.55. The summed E-state index contributed by atoms with van der Waals surface area (Å²) in [6.07, 6.45) is -5.91. The van der Waals surface area contributed by atoms with Gasteiger partial charge in [-0.25, -0.2) is 20.2 Å². The summed E-state index contributed by atoms with van der Waals surface area (Å²) in [4.78, 5) is 85.1. The van der Waals surface area contributed by atoms with Crippen molar-refractivity contribution in [3.8, 4) is 0 Å². The molecule has 0 N–H and O–H groups in total. The van der Waals surface area contributed by atoms with Crippen LogP contribution in [0.5, 0.6) is 0 Å².